The van der Waals surface area contributed by atoms with E-state index in [1.807, 2.05) is 32.0 Å². The third-order valence-corrected chi connectivity index (χ3v) is 4.68. The summed E-state index contributed by atoms with van der Waals surface area (Å²) in [6, 6.07) is 7.37. The topological polar surface area (TPSA) is 83.6 Å². The zero-order chi connectivity index (χ0) is 18.8. The molecule has 0 radical (unpaired) electrons. The molecule has 2 heterocycles. The first-order chi connectivity index (χ1) is 12.4. The molecule has 1 aromatic carbocycles. The van der Waals surface area contributed by atoms with E-state index in [0.717, 1.165) is 22.5 Å². The van der Waals surface area contributed by atoms with Crippen LogP contribution in [0.15, 0.2) is 24.3 Å². The van der Waals surface area contributed by atoms with E-state index >= 15 is 0 Å². The fourth-order valence-corrected chi connectivity index (χ4v) is 3.00. The molecule has 136 valence electrons. The van der Waals surface area contributed by atoms with Crippen molar-refractivity contribution in [1.29, 1.82) is 0 Å². The number of hydrogen-bond acceptors (Lipinski definition) is 5. The first-order valence-electron chi connectivity index (χ1n) is 8.25. The van der Waals surface area contributed by atoms with Crippen molar-refractivity contribution in [3.05, 3.63) is 46.2 Å². The number of nitrogens with zero attached hydrogens (tertiary/aromatic N) is 5. The molecule has 7 nitrogen and oxygen atoms in total. The van der Waals surface area contributed by atoms with Crippen molar-refractivity contribution in [3.63, 3.8) is 0 Å². The largest absolute Gasteiger partial charge is 0.395 e. The number of fused-ring (bicyclic) bond motifs is 1. The van der Waals surface area contributed by atoms with Gasteiger partial charge in [-0.2, -0.15) is 4.98 Å². The van der Waals surface area contributed by atoms with Gasteiger partial charge in [0.25, 0.3) is 5.78 Å². The minimum atomic E-state index is -0.0853. The van der Waals surface area contributed by atoms with Crippen LogP contribution in [-0.4, -0.2) is 55.7 Å². The number of hydrogen-bond donors (Lipinski definition) is 1. The standard InChI is InChI=1S/C18H20ClN5O2/c1-11-14(10-16(26)23(3)8-9-25)12(2)24-18(20-11)21-17(22-24)13-6-4-5-7-15(13)19/h4-7,25H,8-10H2,1-3H3. The van der Waals surface area contributed by atoms with Crippen molar-refractivity contribution in [1.82, 2.24) is 24.5 Å². The van der Waals surface area contributed by atoms with Crippen LogP contribution in [0.3, 0.4) is 0 Å². The Morgan fingerprint density at radius 2 is 2.00 bits per heavy atom. The number of aromatic nitrogens is 4. The minimum Gasteiger partial charge on any atom is -0.395 e. The number of benzene rings is 1. The van der Waals surface area contributed by atoms with Crippen LogP contribution in [0, 0.1) is 13.8 Å². The number of amides is 1. The van der Waals surface area contributed by atoms with Crippen molar-refractivity contribution in [3.8, 4) is 11.4 Å². The van der Waals surface area contributed by atoms with Gasteiger partial charge in [-0.05, 0) is 26.0 Å². The van der Waals surface area contributed by atoms with Crippen molar-refractivity contribution >= 4 is 23.3 Å². The summed E-state index contributed by atoms with van der Waals surface area (Å²) in [5, 5.41) is 14.1. The van der Waals surface area contributed by atoms with E-state index in [1.165, 1.54) is 4.90 Å². The summed E-state index contributed by atoms with van der Waals surface area (Å²) in [7, 11) is 1.67. The van der Waals surface area contributed by atoms with Crippen molar-refractivity contribution in [2.75, 3.05) is 20.2 Å². The van der Waals surface area contributed by atoms with Crippen LogP contribution in [0.4, 0.5) is 0 Å². The molecule has 2 aromatic heterocycles. The number of aliphatic hydroxyl groups excluding tert-OH is 1. The molecule has 0 aliphatic rings. The fraction of sp³-hybridized carbons (Fsp3) is 0.333. The number of halogens is 1. The number of rotatable bonds is 5. The smallest absolute Gasteiger partial charge is 0.253 e. The molecule has 3 aromatic rings. The lowest BCUT2D eigenvalue weighted by atomic mass is 10.1. The summed E-state index contributed by atoms with van der Waals surface area (Å²) in [6.45, 7) is 3.97. The average Bonchev–Trinajstić information content (AvgIpc) is 3.02. The molecule has 8 heteroatoms. The molecule has 1 amide bonds. The van der Waals surface area contributed by atoms with Crippen LogP contribution in [-0.2, 0) is 11.2 Å². The minimum absolute atomic E-state index is 0.0677. The van der Waals surface area contributed by atoms with Gasteiger partial charge in [0, 0.05) is 36.1 Å². The van der Waals surface area contributed by atoms with Gasteiger partial charge in [0.2, 0.25) is 5.91 Å². The maximum absolute atomic E-state index is 12.3. The predicted molar refractivity (Wildman–Crippen MR) is 99.1 cm³/mol. The lowest BCUT2D eigenvalue weighted by Gasteiger charge is -2.17. The van der Waals surface area contributed by atoms with Gasteiger partial charge in [-0.1, -0.05) is 23.7 Å². The molecule has 0 fully saturated rings. The Labute approximate surface area is 156 Å². The second-order valence-electron chi connectivity index (χ2n) is 6.10. The average molecular weight is 374 g/mol. The predicted octanol–water partition coefficient (Wildman–Crippen LogP) is 2.05. The first kappa shape index (κ1) is 18.3. The van der Waals surface area contributed by atoms with Gasteiger partial charge in [-0.25, -0.2) is 9.50 Å². The van der Waals surface area contributed by atoms with Crippen LogP contribution in [0.25, 0.3) is 17.2 Å². The van der Waals surface area contributed by atoms with E-state index < -0.39 is 0 Å². The van der Waals surface area contributed by atoms with E-state index in [1.54, 1.807) is 17.6 Å². The number of aryl methyl sites for hydroxylation is 2. The Morgan fingerprint density at radius 1 is 1.27 bits per heavy atom. The Bertz CT molecular complexity index is 970. The summed E-state index contributed by atoms with van der Waals surface area (Å²) < 4.78 is 1.64. The van der Waals surface area contributed by atoms with E-state index in [4.69, 9.17) is 16.7 Å². The summed E-state index contributed by atoms with van der Waals surface area (Å²) in [5.41, 5.74) is 3.09. The van der Waals surface area contributed by atoms with Gasteiger partial charge in [-0.3, -0.25) is 4.79 Å². The molecule has 26 heavy (non-hydrogen) atoms. The van der Waals surface area contributed by atoms with Crippen LogP contribution < -0.4 is 0 Å². The summed E-state index contributed by atoms with van der Waals surface area (Å²) in [6.07, 6.45) is 0.193. The number of carbonyl (C=O) groups excluding carboxylic acids is 1. The SMILES string of the molecule is Cc1nc2nc(-c3ccccc3Cl)nn2c(C)c1CC(=O)N(C)CCO. The highest BCUT2D eigenvalue weighted by atomic mass is 35.5. The fourth-order valence-electron chi connectivity index (χ4n) is 2.78. The third kappa shape index (κ3) is 3.40. The van der Waals surface area contributed by atoms with Gasteiger partial charge >= 0.3 is 0 Å². The lowest BCUT2D eigenvalue weighted by molar-refractivity contribution is -0.129. The van der Waals surface area contributed by atoms with Gasteiger partial charge in [0.05, 0.1) is 18.1 Å². The maximum Gasteiger partial charge on any atom is 0.253 e. The van der Waals surface area contributed by atoms with Crippen LogP contribution in [0.2, 0.25) is 5.02 Å². The van der Waals surface area contributed by atoms with Crippen LogP contribution in [0.1, 0.15) is 17.0 Å². The van der Waals surface area contributed by atoms with Gasteiger partial charge in [0.15, 0.2) is 5.82 Å². The first-order valence-corrected chi connectivity index (χ1v) is 8.62. The monoisotopic (exact) mass is 373 g/mol. The van der Waals surface area contributed by atoms with E-state index in [9.17, 15) is 4.79 Å². The number of aliphatic hydroxyl groups is 1. The zero-order valence-electron chi connectivity index (χ0n) is 14.9. The molecule has 0 atom stereocenters. The highest BCUT2D eigenvalue weighted by molar-refractivity contribution is 6.33. The quantitative estimate of drug-likeness (QED) is 0.740. The molecule has 0 saturated heterocycles. The maximum atomic E-state index is 12.3. The van der Waals surface area contributed by atoms with Gasteiger partial charge in [0.1, 0.15) is 0 Å². The molecule has 0 spiro atoms. The second kappa shape index (κ2) is 7.39. The van der Waals surface area contributed by atoms with Crippen LogP contribution in [0.5, 0.6) is 0 Å². The highest BCUT2D eigenvalue weighted by Crippen LogP contribution is 2.26. The van der Waals surface area contributed by atoms with E-state index in [0.29, 0.717) is 23.2 Å². The molecule has 0 unspecified atom stereocenters. The van der Waals surface area contributed by atoms with E-state index in [-0.39, 0.29) is 18.9 Å². The molecule has 0 saturated carbocycles. The Hall–Kier alpha value is -2.51. The second-order valence-corrected chi connectivity index (χ2v) is 6.51. The summed E-state index contributed by atoms with van der Waals surface area (Å²) in [4.78, 5) is 22.8. The molecule has 1 N–H and O–H groups in total. The molecule has 0 aliphatic heterocycles. The number of carbonyl (C=O) groups is 1. The van der Waals surface area contributed by atoms with Crippen molar-refractivity contribution in [2.45, 2.75) is 20.3 Å². The molecule has 0 aliphatic carbocycles. The molecule has 0 bridgehead atoms. The van der Waals surface area contributed by atoms with E-state index in [2.05, 4.69) is 15.1 Å². The van der Waals surface area contributed by atoms with Crippen molar-refractivity contribution < 1.29 is 9.90 Å². The third-order valence-electron chi connectivity index (χ3n) is 4.35. The Morgan fingerprint density at radius 3 is 2.69 bits per heavy atom. The Kier molecular flexibility index (Phi) is 5.20. The van der Waals surface area contributed by atoms with Gasteiger partial charge in [-0.15, -0.1) is 5.10 Å². The number of likely N-dealkylation sites (N-methyl/N-ethyl adjacent to an activating group) is 1. The lowest BCUT2D eigenvalue weighted by Crippen LogP contribution is -2.31. The molecule has 3 rings (SSSR count). The normalized spacial score (nSPS) is 11.1. The van der Waals surface area contributed by atoms with Crippen molar-refractivity contribution in [2.24, 2.45) is 0 Å². The highest BCUT2D eigenvalue weighted by Gasteiger charge is 2.18. The molecular weight excluding hydrogens is 354 g/mol. The Balaban J connectivity index is 2.02. The van der Waals surface area contributed by atoms with Gasteiger partial charge < -0.3 is 10.0 Å². The van der Waals surface area contributed by atoms with Crippen LogP contribution >= 0.6 is 11.6 Å². The summed E-state index contributed by atoms with van der Waals surface area (Å²) in [5.74, 6) is 0.874. The summed E-state index contributed by atoms with van der Waals surface area (Å²) >= 11 is 6.24. The molecular formula is C18H20ClN5O2. The zero-order valence-corrected chi connectivity index (χ0v) is 15.7.